The molecule has 2 heterocycles. The highest BCUT2D eigenvalue weighted by atomic mass is 32.2. The minimum atomic E-state index is -0.430. The van der Waals surface area contributed by atoms with E-state index in [0.29, 0.717) is 37.6 Å². The minimum Gasteiger partial charge on any atom is -0.455 e. The fourth-order valence-corrected chi connectivity index (χ4v) is 4.09. The van der Waals surface area contributed by atoms with Crippen molar-refractivity contribution in [2.45, 2.75) is 19.6 Å². The number of carbonyl (C=O) groups excluding carboxylic acids is 2. The zero-order valence-corrected chi connectivity index (χ0v) is 17.3. The summed E-state index contributed by atoms with van der Waals surface area (Å²) in [6.45, 7) is 5.41. The van der Waals surface area contributed by atoms with Gasteiger partial charge in [0.25, 0.3) is 5.91 Å². The summed E-state index contributed by atoms with van der Waals surface area (Å²) in [5.74, 6) is 0.561. The number of nitrogens with zero attached hydrogens (tertiary/aromatic N) is 3. The van der Waals surface area contributed by atoms with E-state index in [2.05, 4.69) is 5.16 Å². The maximum atomic E-state index is 13.9. The molecule has 0 bridgehead atoms. The van der Waals surface area contributed by atoms with Crippen LogP contribution in [-0.4, -0.2) is 60.5 Å². The molecule has 0 N–H and O–H groups in total. The number of aromatic nitrogens is 1. The van der Waals surface area contributed by atoms with Crippen LogP contribution >= 0.6 is 11.8 Å². The lowest BCUT2D eigenvalue weighted by Gasteiger charge is -2.36. The second-order valence-electron chi connectivity index (χ2n) is 6.78. The summed E-state index contributed by atoms with van der Waals surface area (Å²) in [4.78, 5) is 27.7. The van der Waals surface area contributed by atoms with E-state index in [4.69, 9.17) is 9.26 Å². The Labute approximate surface area is 173 Å². The van der Waals surface area contributed by atoms with Crippen molar-refractivity contribution < 1.29 is 23.2 Å². The Morgan fingerprint density at radius 3 is 2.59 bits per heavy atom. The van der Waals surface area contributed by atoms with Gasteiger partial charge in [0.05, 0.1) is 17.1 Å². The van der Waals surface area contributed by atoms with E-state index in [9.17, 15) is 14.0 Å². The van der Waals surface area contributed by atoms with Crippen LogP contribution in [0.3, 0.4) is 0 Å². The Balaban J connectivity index is 1.36. The van der Waals surface area contributed by atoms with Crippen LogP contribution in [0.1, 0.15) is 17.0 Å². The lowest BCUT2D eigenvalue weighted by molar-refractivity contribution is -0.150. The van der Waals surface area contributed by atoms with Crippen LogP contribution in [0.5, 0.6) is 0 Å². The minimum absolute atomic E-state index is 0.151. The van der Waals surface area contributed by atoms with Crippen molar-refractivity contribution in [3.63, 3.8) is 0 Å². The van der Waals surface area contributed by atoms with E-state index >= 15 is 0 Å². The normalized spacial score (nSPS) is 14.2. The highest BCUT2D eigenvalue weighted by Gasteiger charge is 2.23. The van der Waals surface area contributed by atoms with Gasteiger partial charge in [0, 0.05) is 37.5 Å². The van der Waals surface area contributed by atoms with Crippen LogP contribution in [0.4, 0.5) is 10.1 Å². The zero-order valence-electron chi connectivity index (χ0n) is 16.5. The van der Waals surface area contributed by atoms with E-state index in [1.807, 2.05) is 18.7 Å². The quantitative estimate of drug-likeness (QED) is 0.636. The molecule has 0 atom stereocenters. The first-order valence-electron chi connectivity index (χ1n) is 9.38. The Morgan fingerprint density at radius 2 is 1.93 bits per heavy atom. The van der Waals surface area contributed by atoms with Crippen LogP contribution in [0, 0.1) is 19.7 Å². The maximum absolute atomic E-state index is 13.9. The fourth-order valence-electron chi connectivity index (χ4n) is 3.12. The predicted molar refractivity (Wildman–Crippen MR) is 108 cm³/mol. The van der Waals surface area contributed by atoms with E-state index in [-0.39, 0.29) is 24.1 Å². The third kappa shape index (κ3) is 5.50. The van der Waals surface area contributed by atoms with Gasteiger partial charge in [-0.25, -0.2) is 4.39 Å². The summed E-state index contributed by atoms with van der Waals surface area (Å²) in [6, 6.07) is 6.60. The third-order valence-electron chi connectivity index (χ3n) is 4.83. The molecule has 7 nitrogen and oxygen atoms in total. The van der Waals surface area contributed by atoms with Crippen molar-refractivity contribution in [1.82, 2.24) is 10.1 Å². The van der Waals surface area contributed by atoms with Crippen LogP contribution in [0.15, 0.2) is 28.8 Å². The van der Waals surface area contributed by atoms with Gasteiger partial charge in [-0.2, -0.15) is 0 Å². The third-order valence-corrected chi connectivity index (χ3v) is 5.76. The first-order valence-corrected chi connectivity index (χ1v) is 10.5. The van der Waals surface area contributed by atoms with Gasteiger partial charge in [-0.05, 0) is 26.0 Å². The summed E-state index contributed by atoms with van der Waals surface area (Å²) in [5, 5.41) is 3.88. The molecule has 9 heteroatoms. The predicted octanol–water partition coefficient (Wildman–Crippen LogP) is 2.56. The molecule has 1 fully saturated rings. The average molecular weight is 421 g/mol. The number of hydrogen-bond donors (Lipinski definition) is 0. The summed E-state index contributed by atoms with van der Waals surface area (Å²) in [5.41, 5.74) is 2.33. The van der Waals surface area contributed by atoms with Gasteiger partial charge in [-0.15, -0.1) is 11.8 Å². The standard InChI is InChI=1S/C20H24FN3O4S/c1-14-16(15(2)28-22-14)12-29-13-20(26)27-11-19(25)24-9-7-23(8-10-24)18-6-4-3-5-17(18)21/h3-6H,7-13H2,1-2H3. The molecule has 0 unspecified atom stereocenters. The number of halogens is 1. The number of rotatable bonds is 7. The number of aryl methyl sites for hydroxylation is 2. The van der Waals surface area contributed by atoms with E-state index < -0.39 is 5.97 Å². The Bertz CT molecular complexity index is 846. The maximum Gasteiger partial charge on any atom is 0.316 e. The zero-order chi connectivity index (χ0) is 20.8. The molecule has 0 aliphatic carbocycles. The van der Waals surface area contributed by atoms with Crippen LogP contribution in [0.2, 0.25) is 0 Å². The molecule has 0 radical (unpaired) electrons. The summed E-state index contributed by atoms with van der Waals surface area (Å²) in [7, 11) is 0. The van der Waals surface area contributed by atoms with Crippen molar-refractivity contribution in [2.75, 3.05) is 43.4 Å². The van der Waals surface area contributed by atoms with Crippen molar-refractivity contribution in [3.05, 3.63) is 47.1 Å². The molecule has 29 heavy (non-hydrogen) atoms. The Morgan fingerprint density at radius 1 is 1.21 bits per heavy atom. The van der Waals surface area contributed by atoms with Crippen LogP contribution in [-0.2, 0) is 20.1 Å². The molecule has 1 aliphatic rings. The van der Waals surface area contributed by atoms with Gasteiger partial charge in [0.2, 0.25) is 0 Å². The fraction of sp³-hybridized carbons (Fsp3) is 0.450. The molecule has 1 saturated heterocycles. The number of carbonyl (C=O) groups is 2. The molecule has 1 aromatic carbocycles. The van der Waals surface area contributed by atoms with E-state index in [1.54, 1.807) is 23.1 Å². The number of piperazine rings is 1. The van der Waals surface area contributed by atoms with Gasteiger partial charge < -0.3 is 19.1 Å². The lowest BCUT2D eigenvalue weighted by atomic mass is 10.2. The number of para-hydroxylation sites is 1. The highest BCUT2D eigenvalue weighted by Crippen LogP contribution is 2.21. The number of anilines is 1. The molecule has 3 rings (SSSR count). The molecular formula is C20H24FN3O4S. The largest absolute Gasteiger partial charge is 0.455 e. The molecule has 156 valence electrons. The van der Waals surface area contributed by atoms with E-state index in [0.717, 1.165) is 17.0 Å². The summed E-state index contributed by atoms with van der Waals surface area (Å²) in [6.07, 6.45) is 0. The number of amides is 1. The van der Waals surface area contributed by atoms with Gasteiger partial charge in [0.1, 0.15) is 11.6 Å². The average Bonchev–Trinajstić information content (AvgIpc) is 3.04. The van der Waals surface area contributed by atoms with Gasteiger partial charge in [0.15, 0.2) is 6.61 Å². The Kier molecular flexibility index (Phi) is 7.13. The number of esters is 1. The molecule has 0 spiro atoms. The first kappa shape index (κ1) is 21.2. The van der Waals surface area contributed by atoms with Crippen molar-refractivity contribution in [1.29, 1.82) is 0 Å². The molecule has 1 aliphatic heterocycles. The number of ether oxygens (including phenoxy) is 1. The molecular weight excluding hydrogens is 397 g/mol. The topological polar surface area (TPSA) is 75.9 Å². The number of thioether (sulfide) groups is 1. The highest BCUT2D eigenvalue weighted by molar-refractivity contribution is 7.99. The Hall–Kier alpha value is -2.55. The molecule has 1 aromatic heterocycles. The smallest absolute Gasteiger partial charge is 0.316 e. The first-order chi connectivity index (χ1) is 14.0. The second-order valence-corrected chi connectivity index (χ2v) is 7.76. The van der Waals surface area contributed by atoms with Gasteiger partial charge >= 0.3 is 5.97 Å². The number of hydrogen-bond acceptors (Lipinski definition) is 7. The van der Waals surface area contributed by atoms with Crippen LogP contribution < -0.4 is 4.90 Å². The summed E-state index contributed by atoms with van der Waals surface area (Å²) < 4.78 is 24.1. The SMILES string of the molecule is Cc1noc(C)c1CSCC(=O)OCC(=O)N1CCN(c2ccccc2F)CC1. The van der Waals surface area contributed by atoms with Crippen LogP contribution in [0.25, 0.3) is 0 Å². The number of benzene rings is 1. The lowest BCUT2D eigenvalue weighted by Crippen LogP contribution is -2.50. The molecule has 0 saturated carbocycles. The second kappa shape index (κ2) is 9.78. The summed E-state index contributed by atoms with van der Waals surface area (Å²) >= 11 is 1.39. The molecule has 2 aromatic rings. The molecule has 1 amide bonds. The van der Waals surface area contributed by atoms with E-state index in [1.165, 1.54) is 17.8 Å². The monoisotopic (exact) mass is 421 g/mol. The van der Waals surface area contributed by atoms with Gasteiger partial charge in [-0.1, -0.05) is 17.3 Å². The van der Waals surface area contributed by atoms with Gasteiger partial charge in [-0.3, -0.25) is 9.59 Å². The van der Waals surface area contributed by atoms with Crippen molar-refractivity contribution >= 4 is 29.3 Å². The van der Waals surface area contributed by atoms with Crippen molar-refractivity contribution in [3.8, 4) is 0 Å². The van der Waals surface area contributed by atoms with Crippen molar-refractivity contribution in [2.24, 2.45) is 0 Å².